The highest BCUT2D eigenvalue weighted by Crippen LogP contribution is 2.40. The number of amides is 3. The lowest BCUT2D eigenvalue weighted by Crippen LogP contribution is -2.70. The summed E-state index contributed by atoms with van der Waals surface area (Å²) in [5, 5.41) is 11.4. The van der Waals surface area contributed by atoms with Crippen molar-refractivity contribution in [1.29, 1.82) is 0 Å². The van der Waals surface area contributed by atoms with E-state index in [4.69, 9.17) is 44.3 Å². The van der Waals surface area contributed by atoms with Crippen LogP contribution in [0.25, 0.3) is 0 Å². The van der Waals surface area contributed by atoms with E-state index in [0.29, 0.717) is 18.7 Å². The van der Waals surface area contributed by atoms with E-state index in [1.807, 2.05) is 7.05 Å². The number of hydrogen-bond acceptors (Lipinski definition) is 8. The number of nitrogens with one attached hydrogen (secondary N) is 1. The van der Waals surface area contributed by atoms with E-state index < -0.39 is 45.9 Å². The van der Waals surface area contributed by atoms with Gasteiger partial charge in [0.15, 0.2) is 0 Å². The molecule has 11 nitrogen and oxygen atoms in total. The van der Waals surface area contributed by atoms with E-state index in [2.05, 4.69) is 10.2 Å². The Morgan fingerprint density at radius 3 is 2.44 bits per heavy atom. The van der Waals surface area contributed by atoms with Gasteiger partial charge in [0.1, 0.15) is 30.3 Å². The first-order valence-electron chi connectivity index (χ1n) is 9.48. The van der Waals surface area contributed by atoms with E-state index in [1.165, 1.54) is 11.8 Å². The van der Waals surface area contributed by atoms with Crippen LogP contribution in [-0.4, -0.2) is 111 Å². The summed E-state index contributed by atoms with van der Waals surface area (Å²) in [6.07, 6.45) is -1.50. The summed E-state index contributed by atoms with van der Waals surface area (Å²) in [6, 6.07) is -0.994. The zero-order chi connectivity index (χ0) is 23.6. The molecule has 2 saturated heterocycles. The number of β-lactam (4-membered cyclic amide) rings is 1. The van der Waals surface area contributed by atoms with Gasteiger partial charge in [-0.3, -0.25) is 9.69 Å². The number of fused-ring (bicyclic) bond motifs is 1. The molecule has 0 aromatic heterocycles. The average molecular weight is 532 g/mol. The van der Waals surface area contributed by atoms with E-state index in [0.717, 1.165) is 18.0 Å². The highest BCUT2D eigenvalue weighted by Gasteiger charge is 2.54. The maximum Gasteiger partial charge on any atom is 0.410 e. The Labute approximate surface area is 202 Å². The third-order valence-electron chi connectivity index (χ3n) is 5.02. The fourth-order valence-electron chi connectivity index (χ4n) is 3.34. The molecule has 3 aliphatic heterocycles. The van der Waals surface area contributed by atoms with Gasteiger partial charge in [-0.15, -0.1) is 11.8 Å². The molecule has 178 valence electrons. The summed E-state index contributed by atoms with van der Waals surface area (Å²) < 4.78 is 8.25. The third-order valence-corrected chi connectivity index (χ3v) is 6.69. The summed E-state index contributed by atoms with van der Waals surface area (Å²) in [4.78, 5) is 53.3. The quantitative estimate of drug-likeness (QED) is 0.396. The molecule has 0 spiro atoms. The predicted octanol–water partition coefficient (Wildman–Crippen LogP) is 1.09. The number of piperazine rings is 1. The number of likely N-dealkylation sites (N-methyl/N-ethyl adjacent to an activating group) is 1. The number of thioether (sulfide) groups is 1. The molecule has 0 radical (unpaired) electrons. The van der Waals surface area contributed by atoms with Gasteiger partial charge in [0, 0.05) is 37.5 Å². The van der Waals surface area contributed by atoms with Crippen molar-refractivity contribution >= 4 is 70.6 Å². The molecule has 32 heavy (non-hydrogen) atoms. The van der Waals surface area contributed by atoms with Crippen molar-refractivity contribution in [1.82, 2.24) is 20.0 Å². The van der Waals surface area contributed by atoms with Crippen LogP contribution in [0.15, 0.2) is 11.3 Å². The smallest absolute Gasteiger partial charge is 0.410 e. The normalized spacial score (nSPS) is 23.9. The van der Waals surface area contributed by atoms with Gasteiger partial charge in [0.2, 0.25) is 3.79 Å². The van der Waals surface area contributed by atoms with Crippen molar-refractivity contribution in [3.63, 3.8) is 0 Å². The summed E-state index contributed by atoms with van der Waals surface area (Å²) in [7, 11) is 1.95. The summed E-state index contributed by atoms with van der Waals surface area (Å²) in [5.74, 6) is -1.76. The molecule has 0 saturated carbocycles. The first kappa shape index (κ1) is 25.0. The molecule has 3 amide bonds. The number of carbonyl (C=O) groups excluding carboxylic acids is 3. The number of rotatable bonds is 5. The Morgan fingerprint density at radius 2 is 1.84 bits per heavy atom. The molecular formula is C17H21Cl3N4O7S. The van der Waals surface area contributed by atoms with Crippen LogP contribution in [0.2, 0.25) is 0 Å². The van der Waals surface area contributed by atoms with Crippen molar-refractivity contribution in [2.24, 2.45) is 0 Å². The van der Waals surface area contributed by atoms with Crippen molar-refractivity contribution in [3.8, 4) is 0 Å². The number of halogens is 3. The first-order valence-corrected chi connectivity index (χ1v) is 11.7. The van der Waals surface area contributed by atoms with Crippen molar-refractivity contribution in [3.05, 3.63) is 11.3 Å². The minimum Gasteiger partial charge on any atom is -0.477 e. The molecule has 0 aromatic carbocycles. The second kappa shape index (κ2) is 10.1. The van der Waals surface area contributed by atoms with Gasteiger partial charge in [0.25, 0.3) is 5.91 Å². The van der Waals surface area contributed by atoms with Gasteiger partial charge in [-0.2, -0.15) is 0 Å². The number of hydrogen-bond donors (Lipinski definition) is 2. The molecule has 15 heteroatoms. The van der Waals surface area contributed by atoms with Crippen molar-refractivity contribution < 1.29 is 33.8 Å². The van der Waals surface area contributed by atoms with Crippen LogP contribution < -0.4 is 5.32 Å². The topological polar surface area (TPSA) is 129 Å². The zero-order valence-electron chi connectivity index (χ0n) is 16.9. The van der Waals surface area contributed by atoms with Crippen molar-refractivity contribution in [2.75, 3.05) is 52.2 Å². The average Bonchev–Trinajstić information content (AvgIpc) is 2.73. The minimum atomic E-state index is -1.80. The van der Waals surface area contributed by atoms with E-state index >= 15 is 0 Å². The SMILES string of the molecule is CN1CCN(C(=O)OCC2=C(C(=O)O)N3C(=O)C(NC(=O)OCC(Cl)(Cl)Cl)[C@@H]3SC2)CC1. The number of nitrogens with zero attached hydrogens (tertiary/aromatic N) is 3. The van der Waals surface area contributed by atoms with E-state index in [-0.39, 0.29) is 18.1 Å². The van der Waals surface area contributed by atoms with Crippen LogP contribution in [0.1, 0.15) is 0 Å². The van der Waals surface area contributed by atoms with Gasteiger partial charge >= 0.3 is 18.2 Å². The van der Waals surface area contributed by atoms with Crippen LogP contribution in [0.4, 0.5) is 9.59 Å². The largest absolute Gasteiger partial charge is 0.477 e. The Morgan fingerprint density at radius 1 is 1.19 bits per heavy atom. The van der Waals surface area contributed by atoms with Gasteiger partial charge in [-0.25, -0.2) is 14.4 Å². The van der Waals surface area contributed by atoms with Gasteiger partial charge in [0.05, 0.1) is 0 Å². The predicted molar refractivity (Wildman–Crippen MR) is 117 cm³/mol. The number of aliphatic carboxylic acids is 1. The molecule has 0 bridgehead atoms. The maximum absolute atomic E-state index is 12.6. The number of alkyl halides is 3. The second-order valence-corrected chi connectivity index (χ2v) is 10.9. The van der Waals surface area contributed by atoms with Gasteiger partial charge in [-0.05, 0) is 7.05 Å². The molecule has 3 heterocycles. The fraction of sp³-hybridized carbons (Fsp3) is 0.647. The van der Waals surface area contributed by atoms with E-state index in [1.54, 1.807) is 4.90 Å². The van der Waals surface area contributed by atoms with Crippen LogP contribution in [0, 0.1) is 0 Å². The summed E-state index contributed by atoms with van der Waals surface area (Å²) >= 11 is 17.8. The minimum absolute atomic E-state index is 0.202. The number of ether oxygens (including phenoxy) is 2. The molecule has 0 aliphatic carbocycles. The highest BCUT2D eigenvalue weighted by atomic mass is 35.6. The Bertz CT molecular complexity index is 829. The molecule has 3 rings (SSSR count). The zero-order valence-corrected chi connectivity index (χ0v) is 20.0. The number of carboxylic acid groups (broad SMARTS) is 1. The maximum atomic E-state index is 12.6. The summed E-state index contributed by atoms with van der Waals surface area (Å²) in [6.45, 7) is 1.70. The lowest BCUT2D eigenvalue weighted by atomic mass is 10.0. The lowest BCUT2D eigenvalue weighted by molar-refractivity contribution is -0.149. The van der Waals surface area contributed by atoms with Crippen LogP contribution in [0.3, 0.4) is 0 Å². The third kappa shape index (κ3) is 5.84. The Balaban J connectivity index is 1.60. The van der Waals surface area contributed by atoms with Gasteiger partial charge < -0.3 is 29.7 Å². The van der Waals surface area contributed by atoms with E-state index in [9.17, 15) is 24.3 Å². The Kier molecular flexibility index (Phi) is 7.92. The molecule has 2 N–H and O–H groups in total. The lowest BCUT2D eigenvalue weighted by Gasteiger charge is -2.49. The van der Waals surface area contributed by atoms with Crippen molar-refractivity contribution in [2.45, 2.75) is 15.2 Å². The Hall–Kier alpha value is -1.60. The molecule has 0 aromatic rings. The number of alkyl carbamates (subject to hydrolysis) is 1. The number of carboxylic acids is 1. The molecule has 2 fully saturated rings. The molecule has 2 atom stereocenters. The van der Waals surface area contributed by atoms with Gasteiger partial charge in [-0.1, -0.05) is 34.8 Å². The van der Waals surface area contributed by atoms with Crippen LogP contribution in [0.5, 0.6) is 0 Å². The second-order valence-electron chi connectivity index (χ2n) is 7.33. The molecule has 1 unspecified atom stereocenters. The summed E-state index contributed by atoms with van der Waals surface area (Å²) in [5.41, 5.74) is 0.0458. The highest BCUT2D eigenvalue weighted by molar-refractivity contribution is 8.00. The molecule has 3 aliphatic rings. The van der Waals surface area contributed by atoms with Crippen LogP contribution >= 0.6 is 46.6 Å². The standard InChI is InChI=1S/C17H21Cl3N4O7S/c1-22-2-4-23(5-3-22)16(29)30-6-9-7-32-13-10(12(25)24(13)11(9)14(26)27)21-15(28)31-8-17(18,19)20/h10,13H,2-8H2,1H3,(H,21,28)(H,26,27)/t10?,13-/m0/s1. The van der Waals surface area contributed by atoms with Crippen LogP contribution in [-0.2, 0) is 19.1 Å². The molecular weight excluding hydrogens is 511 g/mol. The fourth-order valence-corrected chi connectivity index (χ4v) is 4.83. The first-order chi connectivity index (χ1) is 15.0. The monoisotopic (exact) mass is 530 g/mol. The number of carbonyl (C=O) groups is 4.